The van der Waals surface area contributed by atoms with Crippen LogP contribution in [0.3, 0.4) is 0 Å². The van der Waals surface area contributed by atoms with Crippen molar-refractivity contribution in [2.75, 3.05) is 5.32 Å². The normalized spacial score (nSPS) is 23.2. The molecule has 1 unspecified atom stereocenters. The molecule has 2 N–H and O–H groups in total. The summed E-state index contributed by atoms with van der Waals surface area (Å²) in [5, 5.41) is 5.24. The zero-order valence-electron chi connectivity index (χ0n) is 15.1. The van der Waals surface area contributed by atoms with Gasteiger partial charge in [0.05, 0.1) is 0 Å². The van der Waals surface area contributed by atoms with E-state index >= 15 is 0 Å². The maximum absolute atomic E-state index is 12.8. The summed E-state index contributed by atoms with van der Waals surface area (Å²) in [6.45, 7) is 0.345. The average molecular weight is 369 g/mol. The molecule has 0 radical (unpaired) electrons. The van der Waals surface area contributed by atoms with E-state index in [2.05, 4.69) is 10.6 Å². The van der Waals surface area contributed by atoms with Crippen LogP contribution in [0, 0.1) is 5.92 Å². The summed E-state index contributed by atoms with van der Waals surface area (Å²) < 4.78 is 0. The highest BCUT2D eigenvalue weighted by molar-refractivity contribution is 6.06. The molecule has 7 heteroatoms. The number of imide groups is 1. The summed E-state index contributed by atoms with van der Waals surface area (Å²) in [6.07, 6.45) is 5.77. The van der Waals surface area contributed by atoms with E-state index in [1.165, 1.54) is 11.3 Å². The first-order chi connectivity index (χ1) is 13.0. The first-order valence-corrected chi connectivity index (χ1v) is 9.61. The smallest absolute Gasteiger partial charge is 0.255 e. The molecular weight excluding hydrogens is 346 g/mol. The lowest BCUT2D eigenvalue weighted by atomic mass is 9.88. The van der Waals surface area contributed by atoms with Gasteiger partial charge in [0.2, 0.25) is 17.7 Å². The van der Waals surface area contributed by atoms with Crippen LogP contribution in [0.4, 0.5) is 5.69 Å². The number of piperidine rings is 1. The molecule has 1 aromatic carbocycles. The van der Waals surface area contributed by atoms with Gasteiger partial charge in [0.1, 0.15) is 6.04 Å². The van der Waals surface area contributed by atoms with E-state index in [-0.39, 0.29) is 30.1 Å². The third-order valence-corrected chi connectivity index (χ3v) is 5.77. The van der Waals surface area contributed by atoms with E-state index in [4.69, 9.17) is 0 Å². The Kier molecular flexibility index (Phi) is 4.68. The number of rotatable bonds is 3. The molecule has 1 saturated heterocycles. The van der Waals surface area contributed by atoms with E-state index < -0.39 is 11.9 Å². The third kappa shape index (κ3) is 3.46. The molecule has 4 rings (SSSR count). The van der Waals surface area contributed by atoms with Crippen molar-refractivity contribution in [3.05, 3.63) is 29.3 Å². The van der Waals surface area contributed by atoms with Crippen molar-refractivity contribution in [3.63, 3.8) is 0 Å². The van der Waals surface area contributed by atoms with E-state index in [1.54, 1.807) is 12.1 Å². The average Bonchev–Trinajstić information content (AvgIpc) is 2.99. The number of carbonyl (C=O) groups is 4. The van der Waals surface area contributed by atoms with Crippen LogP contribution < -0.4 is 10.6 Å². The van der Waals surface area contributed by atoms with Gasteiger partial charge in [0.25, 0.3) is 5.91 Å². The lowest BCUT2D eigenvalue weighted by Crippen LogP contribution is -2.52. The van der Waals surface area contributed by atoms with E-state index in [1.807, 2.05) is 6.07 Å². The quantitative estimate of drug-likeness (QED) is 0.796. The number of hydrogen-bond donors (Lipinski definition) is 2. The summed E-state index contributed by atoms with van der Waals surface area (Å²) in [6, 6.07) is 4.71. The summed E-state index contributed by atoms with van der Waals surface area (Å²) in [5.41, 5.74) is 1.96. The van der Waals surface area contributed by atoms with E-state index in [9.17, 15) is 19.2 Å². The molecule has 1 saturated carbocycles. The van der Waals surface area contributed by atoms with Crippen molar-refractivity contribution in [1.29, 1.82) is 0 Å². The second kappa shape index (κ2) is 7.13. The van der Waals surface area contributed by atoms with Gasteiger partial charge in [-0.25, -0.2) is 0 Å². The maximum Gasteiger partial charge on any atom is 0.255 e. The highest BCUT2D eigenvalue weighted by Gasteiger charge is 2.39. The minimum atomic E-state index is -0.622. The Morgan fingerprint density at radius 1 is 1.07 bits per heavy atom. The summed E-state index contributed by atoms with van der Waals surface area (Å²) >= 11 is 0. The van der Waals surface area contributed by atoms with Gasteiger partial charge in [-0.2, -0.15) is 0 Å². The minimum Gasteiger partial charge on any atom is -0.326 e. The number of amides is 4. The third-order valence-electron chi connectivity index (χ3n) is 5.77. The van der Waals surface area contributed by atoms with Crippen molar-refractivity contribution in [2.45, 2.75) is 57.5 Å². The molecule has 0 spiro atoms. The van der Waals surface area contributed by atoms with Gasteiger partial charge in [-0.1, -0.05) is 25.3 Å². The van der Waals surface area contributed by atoms with Crippen LogP contribution in [0.2, 0.25) is 0 Å². The molecule has 2 heterocycles. The van der Waals surface area contributed by atoms with Gasteiger partial charge in [-0.3, -0.25) is 24.5 Å². The zero-order chi connectivity index (χ0) is 19.0. The van der Waals surface area contributed by atoms with Crippen LogP contribution in [0.15, 0.2) is 18.2 Å². The molecule has 1 atom stereocenters. The Morgan fingerprint density at radius 3 is 2.59 bits per heavy atom. The van der Waals surface area contributed by atoms with E-state index in [0.717, 1.165) is 31.2 Å². The molecule has 4 amide bonds. The lowest BCUT2D eigenvalue weighted by Gasteiger charge is -2.29. The van der Waals surface area contributed by atoms with Gasteiger partial charge in [0, 0.05) is 30.1 Å². The molecule has 0 aromatic heterocycles. The fourth-order valence-corrected chi connectivity index (χ4v) is 4.24. The number of hydrogen-bond acceptors (Lipinski definition) is 4. The van der Waals surface area contributed by atoms with E-state index in [0.29, 0.717) is 24.2 Å². The second-order valence-electron chi connectivity index (χ2n) is 7.60. The summed E-state index contributed by atoms with van der Waals surface area (Å²) in [7, 11) is 0. The highest BCUT2D eigenvalue weighted by atomic mass is 16.2. The topological polar surface area (TPSA) is 95.6 Å². The molecule has 1 aliphatic carbocycles. The Labute approximate surface area is 157 Å². The molecule has 142 valence electrons. The maximum atomic E-state index is 12.8. The molecule has 3 aliphatic rings. The number of nitrogens with zero attached hydrogens (tertiary/aromatic N) is 1. The predicted octanol–water partition coefficient (Wildman–Crippen LogP) is 1.97. The highest BCUT2D eigenvalue weighted by Crippen LogP contribution is 2.30. The van der Waals surface area contributed by atoms with Gasteiger partial charge in [-0.15, -0.1) is 0 Å². The molecule has 1 aromatic rings. The van der Waals surface area contributed by atoms with Crippen LogP contribution in [-0.4, -0.2) is 34.6 Å². The molecule has 7 nitrogen and oxygen atoms in total. The summed E-state index contributed by atoms with van der Waals surface area (Å²) in [5.74, 6) is -0.885. The molecule has 2 fully saturated rings. The molecular formula is C20H23N3O4. The SMILES string of the molecule is O=C1CCC(N2Cc3ccc(NC(=O)C4CCCCC4)cc3C2=O)C(=O)N1. The Bertz CT molecular complexity index is 813. The predicted molar refractivity (Wildman–Crippen MR) is 97.7 cm³/mol. The molecule has 0 bridgehead atoms. The zero-order valence-corrected chi connectivity index (χ0v) is 15.1. The van der Waals surface area contributed by atoms with Crippen LogP contribution in [-0.2, 0) is 20.9 Å². The number of carbonyl (C=O) groups excluding carboxylic acids is 4. The standard InChI is InChI=1S/C20H23N3O4/c24-17-9-8-16(19(26)22-17)23-11-13-6-7-14(10-15(13)20(23)27)21-18(25)12-4-2-1-3-5-12/h6-7,10,12,16H,1-5,8-9,11H2,(H,21,25)(H,22,24,26). The number of benzene rings is 1. The Morgan fingerprint density at radius 2 is 1.85 bits per heavy atom. The Balaban J connectivity index is 1.47. The second-order valence-corrected chi connectivity index (χ2v) is 7.60. The molecule has 2 aliphatic heterocycles. The van der Waals surface area contributed by atoms with Crippen LogP contribution >= 0.6 is 0 Å². The van der Waals surface area contributed by atoms with Gasteiger partial charge >= 0.3 is 0 Å². The number of anilines is 1. The summed E-state index contributed by atoms with van der Waals surface area (Å²) in [4.78, 5) is 50.2. The first kappa shape index (κ1) is 17.7. The lowest BCUT2D eigenvalue weighted by molar-refractivity contribution is -0.137. The van der Waals surface area contributed by atoms with Crippen molar-refractivity contribution >= 4 is 29.3 Å². The molecule has 27 heavy (non-hydrogen) atoms. The van der Waals surface area contributed by atoms with Gasteiger partial charge in [0.15, 0.2) is 0 Å². The number of nitrogens with one attached hydrogen (secondary N) is 2. The van der Waals surface area contributed by atoms with Crippen LogP contribution in [0.5, 0.6) is 0 Å². The first-order valence-electron chi connectivity index (χ1n) is 9.61. The van der Waals surface area contributed by atoms with Gasteiger partial charge < -0.3 is 10.2 Å². The van der Waals surface area contributed by atoms with Crippen molar-refractivity contribution < 1.29 is 19.2 Å². The van der Waals surface area contributed by atoms with Crippen molar-refractivity contribution in [1.82, 2.24) is 10.2 Å². The fraction of sp³-hybridized carbons (Fsp3) is 0.500. The van der Waals surface area contributed by atoms with Crippen molar-refractivity contribution in [3.8, 4) is 0 Å². The van der Waals surface area contributed by atoms with Crippen LogP contribution in [0.1, 0.15) is 60.9 Å². The minimum absolute atomic E-state index is 0.0159. The van der Waals surface area contributed by atoms with Crippen LogP contribution in [0.25, 0.3) is 0 Å². The number of fused-ring (bicyclic) bond motifs is 1. The Hall–Kier alpha value is -2.70. The van der Waals surface area contributed by atoms with Crippen molar-refractivity contribution in [2.24, 2.45) is 5.92 Å². The monoisotopic (exact) mass is 369 g/mol. The largest absolute Gasteiger partial charge is 0.326 e. The van der Waals surface area contributed by atoms with Gasteiger partial charge in [-0.05, 0) is 37.0 Å². The fourth-order valence-electron chi connectivity index (χ4n) is 4.24.